The maximum atomic E-state index is 12.5. The lowest BCUT2D eigenvalue weighted by atomic mass is 10.1. The van der Waals surface area contributed by atoms with Gasteiger partial charge in [-0.05, 0) is 31.9 Å². The second kappa shape index (κ2) is 6.44. The van der Waals surface area contributed by atoms with Gasteiger partial charge in [-0.3, -0.25) is 0 Å². The lowest BCUT2D eigenvalue weighted by Crippen LogP contribution is -2.40. The van der Waals surface area contributed by atoms with Gasteiger partial charge in [0.15, 0.2) is 11.5 Å². The molecule has 2 aliphatic heterocycles. The van der Waals surface area contributed by atoms with Crippen molar-refractivity contribution in [2.45, 2.75) is 43.2 Å². The zero-order valence-corrected chi connectivity index (χ0v) is 13.4. The molecule has 0 radical (unpaired) electrons. The van der Waals surface area contributed by atoms with Crippen LogP contribution in [0.3, 0.4) is 0 Å². The highest BCUT2D eigenvalue weighted by molar-refractivity contribution is 7.89. The van der Waals surface area contributed by atoms with Crippen molar-refractivity contribution in [2.75, 3.05) is 19.8 Å². The maximum absolute atomic E-state index is 12.5. The van der Waals surface area contributed by atoms with Crippen LogP contribution in [-0.2, 0) is 14.8 Å². The van der Waals surface area contributed by atoms with Gasteiger partial charge < -0.3 is 14.2 Å². The first-order valence-electron chi connectivity index (χ1n) is 7.60. The van der Waals surface area contributed by atoms with Crippen LogP contribution in [0.1, 0.15) is 26.2 Å². The molecule has 0 amide bonds. The molecule has 1 N–H and O–H groups in total. The third-order valence-corrected chi connectivity index (χ3v) is 5.45. The maximum Gasteiger partial charge on any atom is 0.241 e. The molecule has 2 heterocycles. The first kappa shape index (κ1) is 15.6. The van der Waals surface area contributed by atoms with Crippen LogP contribution in [0, 0.1) is 0 Å². The van der Waals surface area contributed by atoms with E-state index in [9.17, 15) is 8.42 Å². The molecule has 2 atom stereocenters. The average molecular weight is 327 g/mol. The molecule has 1 aromatic rings. The molecule has 7 heteroatoms. The second-order valence-corrected chi connectivity index (χ2v) is 7.33. The molecule has 0 aromatic heterocycles. The van der Waals surface area contributed by atoms with Gasteiger partial charge in [-0.2, -0.15) is 0 Å². The fourth-order valence-electron chi connectivity index (χ4n) is 2.70. The number of nitrogens with one attached hydrogen (secondary N) is 1. The van der Waals surface area contributed by atoms with Crippen LogP contribution >= 0.6 is 0 Å². The molecular weight excluding hydrogens is 306 g/mol. The predicted octanol–water partition coefficient (Wildman–Crippen LogP) is 1.69. The normalized spacial score (nSPS) is 23.0. The van der Waals surface area contributed by atoms with Gasteiger partial charge in [0.25, 0.3) is 0 Å². The van der Waals surface area contributed by atoms with E-state index in [1.165, 1.54) is 12.1 Å². The van der Waals surface area contributed by atoms with Crippen LogP contribution in [0.25, 0.3) is 0 Å². The molecule has 0 spiro atoms. The van der Waals surface area contributed by atoms with E-state index >= 15 is 0 Å². The Morgan fingerprint density at radius 1 is 1.14 bits per heavy atom. The molecular formula is C15H21NO5S. The molecule has 22 heavy (non-hydrogen) atoms. The predicted molar refractivity (Wildman–Crippen MR) is 80.8 cm³/mol. The van der Waals surface area contributed by atoms with Crippen molar-refractivity contribution in [1.82, 2.24) is 4.72 Å². The highest BCUT2D eigenvalue weighted by Gasteiger charge is 2.27. The SMILES string of the molecule is C[C@@H](NS(=O)(=O)c1ccc2c(c1)OCCCO2)[C@@H]1CCCO1. The summed E-state index contributed by atoms with van der Waals surface area (Å²) in [6, 6.07) is 4.44. The largest absolute Gasteiger partial charge is 0.490 e. The minimum atomic E-state index is -3.61. The number of sulfonamides is 1. The Morgan fingerprint density at radius 3 is 2.64 bits per heavy atom. The molecule has 0 unspecified atom stereocenters. The van der Waals surface area contributed by atoms with Gasteiger partial charge >= 0.3 is 0 Å². The van der Waals surface area contributed by atoms with Crippen molar-refractivity contribution in [1.29, 1.82) is 0 Å². The number of ether oxygens (including phenoxy) is 3. The lowest BCUT2D eigenvalue weighted by Gasteiger charge is -2.20. The minimum absolute atomic E-state index is 0.0600. The molecule has 1 saturated heterocycles. The highest BCUT2D eigenvalue weighted by atomic mass is 32.2. The molecule has 122 valence electrons. The Morgan fingerprint density at radius 2 is 1.91 bits per heavy atom. The van der Waals surface area contributed by atoms with E-state index in [4.69, 9.17) is 14.2 Å². The lowest BCUT2D eigenvalue weighted by molar-refractivity contribution is 0.0902. The third kappa shape index (κ3) is 3.37. The van der Waals surface area contributed by atoms with E-state index in [-0.39, 0.29) is 17.0 Å². The van der Waals surface area contributed by atoms with Gasteiger partial charge in [0, 0.05) is 25.1 Å². The van der Waals surface area contributed by atoms with Gasteiger partial charge in [0.2, 0.25) is 10.0 Å². The summed E-state index contributed by atoms with van der Waals surface area (Å²) in [5, 5.41) is 0. The Labute approximate surface area is 130 Å². The number of hydrogen-bond donors (Lipinski definition) is 1. The summed E-state index contributed by atoms with van der Waals surface area (Å²) in [5.74, 6) is 1.06. The number of rotatable bonds is 4. The van der Waals surface area contributed by atoms with Crippen molar-refractivity contribution in [3.8, 4) is 11.5 Å². The van der Waals surface area contributed by atoms with Crippen LogP contribution < -0.4 is 14.2 Å². The summed E-state index contributed by atoms with van der Waals surface area (Å²) in [6.07, 6.45) is 2.58. The molecule has 0 bridgehead atoms. The first-order valence-corrected chi connectivity index (χ1v) is 9.08. The molecule has 0 aliphatic carbocycles. The smallest absolute Gasteiger partial charge is 0.241 e. The summed E-state index contributed by atoms with van der Waals surface area (Å²) >= 11 is 0. The van der Waals surface area contributed by atoms with Gasteiger partial charge in [-0.15, -0.1) is 0 Å². The van der Waals surface area contributed by atoms with Crippen molar-refractivity contribution in [3.63, 3.8) is 0 Å². The summed E-state index contributed by atoms with van der Waals surface area (Å²) < 4.78 is 44.3. The van der Waals surface area contributed by atoms with Gasteiger partial charge in [0.1, 0.15) is 0 Å². The van der Waals surface area contributed by atoms with Crippen molar-refractivity contribution in [3.05, 3.63) is 18.2 Å². The number of benzene rings is 1. The topological polar surface area (TPSA) is 73.9 Å². The Balaban J connectivity index is 1.78. The Bertz CT molecular complexity index is 625. The van der Waals surface area contributed by atoms with Crippen LogP contribution in [0.4, 0.5) is 0 Å². The minimum Gasteiger partial charge on any atom is -0.490 e. The molecule has 0 saturated carbocycles. The average Bonchev–Trinajstić information content (AvgIpc) is 2.92. The molecule has 1 fully saturated rings. The first-order chi connectivity index (χ1) is 10.6. The standard InChI is InChI=1S/C15H21NO5S/c1-11(13-4-2-7-19-13)16-22(17,18)12-5-6-14-15(10-12)21-9-3-8-20-14/h5-6,10-11,13,16H,2-4,7-9H2,1H3/t11-,13+/m1/s1. The molecule has 1 aromatic carbocycles. The zero-order chi connectivity index (χ0) is 15.6. The quantitative estimate of drug-likeness (QED) is 0.911. The van der Waals surface area contributed by atoms with Crippen molar-refractivity contribution in [2.24, 2.45) is 0 Å². The van der Waals surface area contributed by atoms with E-state index in [0.717, 1.165) is 19.3 Å². The summed E-state index contributed by atoms with van der Waals surface area (Å²) in [5.41, 5.74) is 0. The van der Waals surface area contributed by atoms with E-state index in [1.54, 1.807) is 6.07 Å². The fraction of sp³-hybridized carbons (Fsp3) is 0.600. The van der Waals surface area contributed by atoms with Crippen LogP contribution in [0.15, 0.2) is 23.1 Å². The van der Waals surface area contributed by atoms with Gasteiger partial charge in [-0.1, -0.05) is 0 Å². The monoisotopic (exact) mass is 327 g/mol. The molecule has 6 nitrogen and oxygen atoms in total. The fourth-order valence-corrected chi connectivity index (χ4v) is 3.98. The van der Waals surface area contributed by atoms with Crippen LogP contribution in [0.5, 0.6) is 11.5 Å². The number of hydrogen-bond acceptors (Lipinski definition) is 5. The Hall–Kier alpha value is -1.31. The van der Waals surface area contributed by atoms with Gasteiger partial charge in [-0.25, -0.2) is 13.1 Å². The highest BCUT2D eigenvalue weighted by Crippen LogP contribution is 2.32. The van der Waals surface area contributed by atoms with Crippen molar-refractivity contribution < 1.29 is 22.6 Å². The third-order valence-electron chi connectivity index (χ3n) is 3.89. The number of fused-ring (bicyclic) bond motifs is 1. The summed E-state index contributed by atoms with van der Waals surface area (Å²) in [7, 11) is -3.61. The molecule has 2 aliphatic rings. The van der Waals surface area contributed by atoms with Crippen LogP contribution in [-0.4, -0.2) is 40.4 Å². The van der Waals surface area contributed by atoms with E-state index in [1.807, 2.05) is 6.92 Å². The zero-order valence-electron chi connectivity index (χ0n) is 12.6. The van der Waals surface area contributed by atoms with Crippen LogP contribution in [0.2, 0.25) is 0 Å². The Kier molecular flexibility index (Phi) is 4.56. The van der Waals surface area contributed by atoms with E-state index < -0.39 is 10.0 Å². The summed E-state index contributed by atoms with van der Waals surface area (Å²) in [6.45, 7) is 3.63. The van der Waals surface area contributed by atoms with E-state index in [0.29, 0.717) is 31.3 Å². The van der Waals surface area contributed by atoms with Gasteiger partial charge in [0.05, 0.1) is 24.2 Å². The van der Waals surface area contributed by atoms with Crippen molar-refractivity contribution >= 4 is 10.0 Å². The molecule has 3 rings (SSSR count). The summed E-state index contributed by atoms with van der Waals surface area (Å²) in [4.78, 5) is 0.182. The second-order valence-electron chi connectivity index (χ2n) is 5.62. The van der Waals surface area contributed by atoms with E-state index in [2.05, 4.69) is 4.72 Å².